The van der Waals surface area contributed by atoms with E-state index in [9.17, 15) is 4.79 Å². The van der Waals surface area contributed by atoms with Crippen molar-refractivity contribution in [3.05, 3.63) is 29.3 Å². The van der Waals surface area contributed by atoms with Crippen molar-refractivity contribution in [1.82, 2.24) is 4.90 Å². The first-order valence-corrected chi connectivity index (χ1v) is 8.10. The molecular weight excluding hydrogens is 278 g/mol. The molecule has 1 aliphatic rings. The lowest BCUT2D eigenvalue weighted by Crippen LogP contribution is -2.37. The molecule has 1 saturated heterocycles. The number of piperidine rings is 1. The molecule has 0 aliphatic carbocycles. The molecule has 122 valence electrons. The third kappa shape index (κ3) is 4.73. The number of likely N-dealkylation sites (tertiary alicyclic amines) is 1. The van der Waals surface area contributed by atoms with E-state index in [1.807, 2.05) is 0 Å². The Bertz CT molecular complexity index is 493. The molecule has 0 aromatic heterocycles. The Morgan fingerprint density at radius 2 is 2.00 bits per heavy atom. The first kappa shape index (κ1) is 16.8. The summed E-state index contributed by atoms with van der Waals surface area (Å²) < 4.78 is 10.7. The van der Waals surface area contributed by atoms with E-state index in [4.69, 9.17) is 9.47 Å². The minimum atomic E-state index is -0.0575. The van der Waals surface area contributed by atoms with Gasteiger partial charge in [0.15, 0.2) is 0 Å². The molecule has 0 bridgehead atoms. The Balaban J connectivity index is 1.65. The second-order valence-electron chi connectivity index (χ2n) is 6.11. The van der Waals surface area contributed by atoms with Crippen LogP contribution in [-0.4, -0.2) is 44.2 Å². The number of carbonyl (C=O) groups excluding carboxylic acids is 1. The molecule has 0 amide bonds. The number of esters is 1. The molecule has 0 spiro atoms. The number of ether oxygens (including phenoxy) is 2. The Kier molecular flexibility index (Phi) is 6.25. The molecule has 2 rings (SSSR count). The molecule has 0 unspecified atom stereocenters. The van der Waals surface area contributed by atoms with Crippen LogP contribution in [0.1, 0.15) is 30.4 Å². The van der Waals surface area contributed by atoms with E-state index < -0.39 is 0 Å². The highest BCUT2D eigenvalue weighted by Crippen LogP contribution is 2.20. The van der Waals surface area contributed by atoms with E-state index in [-0.39, 0.29) is 11.9 Å². The van der Waals surface area contributed by atoms with Crippen LogP contribution in [0.4, 0.5) is 0 Å². The predicted molar refractivity (Wildman–Crippen MR) is 87.2 cm³/mol. The van der Waals surface area contributed by atoms with Crippen LogP contribution in [0.15, 0.2) is 18.2 Å². The van der Waals surface area contributed by atoms with Gasteiger partial charge in [0.1, 0.15) is 5.75 Å². The molecule has 1 aromatic rings. The summed E-state index contributed by atoms with van der Waals surface area (Å²) in [6.45, 7) is 7.87. The summed E-state index contributed by atoms with van der Waals surface area (Å²) in [5.41, 5.74) is 2.41. The van der Waals surface area contributed by atoms with E-state index in [0.29, 0.717) is 0 Å². The summed E-state index contributed by atoms with van der Waals surface area (Å²) in [6, 6.07) is 6.30. The molecule has 0 saturated carbocycles. The fraction of sp³-hybridized carbons (Fsp3) is 0.611. The number of benzene rings is 1. The Morgan fingerprint density at radius 3 is 2.68 bits per heavy atom. The molecule has 1 fully saturated rings. The maximum atomic E-state index is 11.5. The maximum Gasteiger partial charge on any atom is 0.308 e. The quantitative estimate of drug-likeness (QED) is 0.598. The van der Waals surface area contributed by atoms with Crippen molar-refractivity contribution in [2.24, 2.45) is 5.92 Å². The molecule has 22 heavy (non-hydrogen) atoms. The highest BCUT2D eigenvalue weighted by Gasteiger charge is 2.25. The third-order valence-corrected chi connectivity index (χ3v) is 4.34. The van der Waals surface area contributed by atoms with Crippen molar-refractivity contribution >= 4 is 5.97 Å². The number of methoxy groups -OCH3 is 1. The zero-order valence-electron chi connectivity index (χ0n) is 13.9. The number of aryl methyl sites for hydroxylation is 2. The molecule has 1 aromatic carbocycles. The topological polar surface area (TPSA) is 38.8 Å². The van der Waals surface area contributed by atoms with E-state index in [1.54, 1.807) is 0 Å². The Labute approximate surface area is 133 Å². The summed E-state index contributed by atoms with van der Waals surface area (Å²) in [7, 11) is 1.47. The van der Waals surface area contributed by atoms with Gasteiger partial charge in [-0.1, -0.05) is 12.1 Å². The minimum Gasteiger partial charge on any atom is -0.493 e. The lowest BCUT2D eigenvalue weighted by Gasteiger charge is -2.30. The predicted octanol–water partition coefficient (Wildman–Crippen LogP) is 2.96. The summed E-state index contributed by atoms with van der Waals surface area (Å²) in [4.78, 5) is 13.9. The van der Waals surface area contributed by atoms with Gasteiger partial charge in [0.05, 0.1) is 19.6 Å². The Hall–Kier alpha value is -1.55. The molecule has 4 heteroatoms. The maximum absolute atomic E-state index is 11.5. The molecule has 0 radical (unpaired) electrons. The Morgan fingerprint density at radius 1 is 1.27 bits per heavy atom. The van der Waals surface area contributed by atoms with Gasteiger partial charge in [-0.3, -0.25) is 4.79 Å². The van der Waals surface area contributed by atoms with Crippen LogP contribution in [0.3, 0.4) is 0 Å². The van der Waals surface area contributed by atoms with E-state index in [1.165, 1.54) is 18.2 Å². The van der Waals surface area contributed by atoms with Crippen molar-refractivity contribution < 1.29 is 14.3 Å². The van der Waals surface area contributed by atoms with Crippen LogP contribution < -0.4 is 4.74 Å². The number of hydrogen-bond donors (Lipinski definition) is 0. The molecule has 1 heterocycles. The van der Waals surface area contributed by atoms with Crippen molar-refractivity contribution in [2.75, 3.05) is 33.4 Å². The fourth-order valence-corrected chi connectivity index (χ4v) is 2.89. The van der Waals surface area contributed by atoms with E-state index in [2.05, 4.69) is 36.9 Å². The van der Waals surface area contributed by atoms with Crippen molar-refractivity contribution in [3.8, 4) is 5.75 Å². The average molecular weight is 305 g/mol. The van der Waals surface area contributed by atoms with Crippen LogP contribution in [-0.2, 0) is 9.53 Å². The minimum absolute atomic E-state index is 0.0575. The standard InChI is InChI=1S/C18H27NO3/c1-14-5-6-15(2)17(13-14)22-12-4-9-19-10-7-16(8-11-19)18(20)21-3/h5-6,13,16H,4,7-12H2,1-3H3. The molecule has 4 nitrogen and oxygen atoms in total. The summed E-state index contributed by atoms with van der Waals surface area (Å²) in [6.07, 6.45) is 2.82. The molecule has 1 aliphatic heterocycles. The second kappa shape index (κ2) is 8.18. The van der Waals surface area contributed by atoms with E-state index >= 15 is 0 Å². The van der Waals surface area contributed by atoms with Gasteiger partial charge in [0.25, 0.3) is 0 Å². The van der Waals surface area contributed by atoms with Crippen molar-refractivity contribution in [1.29, 1.82) is 0 Å². The van der Waals surface area contributed by atoms with Crippen LogP contribution in [0.5, 0.6) is 5.75 Å². The summed E-state index contributed by atoms with van der Waals surface area (Å²) in [5.74, 6) is 1.02. The largest absolute Gasteiger partial charge is 0.493 e. The van der Waals surface area contributed by atoms with Crippen LogP contribution in [0.2, 0.25) is 0 Å². The number of hydrogen-bond acceptors (Lipinski definition) is 4. The van der Waals surface area contributed by atoms with Gasteiger partial charge < -0.3 is 14.4 Å². The smallest absolute Gasteiger partial charge is 0.308 e. The molecule has 0 N–H and O–H groups in total. The normalized spacial score (nSPS) is 16.5. The lowest BCUT2D eigenvalue weighted by molar-refractivity contribution is -0.147. The number of carbonyl (C=O) groups is 1. The summed E-state index contributed by atoms with van der Waals surface area (Å²) in [5, 5.41) is 0. The van der Waals surface area contributed by atoms with Crippen LogP contribution >= 0.6 is 0 Å². The van der Waals surface area contributed by atoms with Gasteiger partial charge >= 0.3 is 5.97 Å². The SMILES string of the molecule is COC(=O)C1CCN(CCCOc2cc(C)ccc2C)CC1. The highest BCUT2D eigenvalue weighted by molar-refractivity contribution is 5.72. The average Bonchev–Trinajstić information content (AvgIpc) is 2.54. The van der Waals surface area contributed by atoms with Gasteiger partial charge in [-0.25, -0.2) is 0 Å². The first-order valence-electron chi connectivity index (χ1n) is 8.10. The third-order valence-electron chi connectivity index (χ3n) is 4.34. The van der Waals surface area contributed by atoms with Crippen LogP contribution in [0, 0.1) is 19.8 Å². The van der Waals surface area contributed by atoms with Crippen LogP contribution in [0.25, 0.3) is 0 Å². The summed E-state index contributed by atoms with van der Waals surface area (Å²) >= 11 is 0. The fourth-order valence-electron chi connectivity index (χ4n) is 2.89. The van der Waals surface area contributed by atoms with Gasteiger partial charge in [-0.2, -0.15) is 0 Å². The second-order valence-corrected chi connectivity index (χ2v) is 6.11. The van der Waals surface area contributed by atoms with Gasteiger partial charge in [0, 0.05) is 6.54 Å². The lowest BCUT2D eigenvalue weighted by atomic mass is 9.97. The van der Waals surface area contributed by atoms with Gasteiger partial charge in [-0.05, 0) is 63.4 Å². The van der Waals surface area contributed by atoms with Crippen molar-refractivity contribution in [3.63, 3.8) is 0 Å². The zero-order valence-corrected chi connectivity index (χ0v) is 13.9. The number of nitrogens with zero attached hydrogens (tertiary/aromatic N) is 1. The monoisotopic (exact) mass is 305 g/mol. The first-order chi connectivity index (χ1) is 10.6. The zero-order chi connectivity index (χ0) is 15.9. The molecule has 0 atom stereocenters. The van der Waals surface area contributed by atoms with E-state index in [0.717, 1.165) is 51.3 Å². The van der Waals surface area contributed by atoms with Crippen molar-refractivity contribution in [2.45, 2.75) is 33.1 Å². The highest BCUT2D eigenvalue weighted by atomic mass is 16.5. The molecular formula is C18H27NO3. The van der Waals surface area contributed by atoms with Gasteiger partial charge in [0.2, 0.25) is 0 Å². The number of rotatable bonds is 6. The van der Waals surface area contributed by atoms with Gasteiger partial charge in [-0.15, -0.1) is 0 Å².